The Morgan fingerprint density at radius 3 is 1.49 bits per heavy atom. The van der Waals surface area contributed by atoms with E-state index in [1.165, 1.54) is 6.42 Å². The van der Waals surface area contributed by atoms with Crippen molar-refractivity contribution in [3.63, 3.8) is 0 Å². The number of hydrogen-bond acceptors (Lipinski definition) is 12. The molecule has 0 spiro atoms. The van der Waals surface area contributed by atoms with Gasteiger partial charge in [0.1, 0.15) is 36.6 Å². The molecule has 0 heterocycles. The molecule has 0 rings (SSSR count). The van der Waals surface area contributed by atoms with E-state index >= 15 is 0 Å². The molecule has 0 radical (unpaired) electrons. The highest BCUT2D eigenvalue weighted by atomic mass is 16.5. The number of ether oxygens (including phenoxy) is 4. The van der Waals surface area contributed by atoms with Gasteiger partial charge in [0.25, 0.3) is 0 Å². The van der Waals surface area contributed by atoms with Crippen LogP contribution in [0.5, 0.6) is 0 Å². The molecule has 3 amide bonds. The summed E-state index contributed by atoms with van der Waals surface area (Å²) in [6.07, 6.45) is 17.2. The second kappa shape index (κ2) is 42.2. The first kappa shape index (κ1) is 59.2. The van der Waals surface area contributed by atoms with Crippen molar-refractivity contribution in [3.8, 4) is 0 Å². The number of nitrogens with one attached hydrogen (secondary N) is 3. The Bertz CT molecular complexity index is 1280. The maximum Gasteiger partial charge on any atom is 0.326 e. The van der Waals surface area contributed by atoms with Crippen LogP contribution in [0.2, 0.25) is 0 Å². The van der Waals surface area contributed by atoms with E-state index in [1.54, 1.807) is 6.92 Å². The van der Waals surface area contributed by atoms with Crippen molar-refractivity contribution in [1.29, 1.82) is 0 Å². The van der Waals surface area contributed by atoms with E-state index in [9.17, 15) is 43.5 Å². The zero-order valence-electron chi connectivity index (χ0n) is 38.5. The number of rotatable bonds is 47. The van der Waals surface area contributed by atoms with Gasteiger partial charge in [0.15, 0.2) is 0 Å². The summed E-state index contributed by atoms with van der Waals surface area (Å²) in [5.41, 5.74) is 0. The van der Waals surface area contributed by atoms with Crippen molar-refractivity contribution in [2.45, 2.75) is 174 Å². The second-order valence-electron chi connectivity index (χ2n) is 16.1. The van der Waals surface area contributed by atoms with Crippen LogP contribution >= 0.6 is 0 Å². The van der Waals surface area contributed by atoms with Crippen LogP contribution in [-0.4, -0.2) is 129 Å². The standard InChI is InChI=1S/C46H81N3O14/c1-3-38(37(2)50)19-16-17-27-47-43(54)35-63-34-32-61-30-28-48-44(55)36-62-33-31-60-29-18-21-40(52)23-25-41(46(58)59)49-42(53)22-15-13-11-9-7-5-4-6-8-10-12-14-20-39(51)24-26-45(56)57/h38,41H,3-36H2,1-2H3,(H,47,54)(H,48,55)(H,49,53)(H,56,57)(H,58,59)/t38-,41?/m0/s1. The third-order valence-corrected chi connectivity index (χ3v) is 10.5. The van der Waals surface area contributed by atoms with Gasteiger partial charge in [0.05, 0.1) is 39.5 Å². The molecule has 364 valence electrons. The molecule has 17 nitrogen and oxygen atoms in total. The smallest absolute Gasteiger partial charge is 0.326 e. The molecule has 2 atom stereocenters. The molecular weight excluding hydrogens is 819 g/mol. The Balaban J connectivity index is 3.67. The quantitative estimate of drug-likeness (QED) is 0.0462. The minimum absolute atomic E-state index is 0.0256. The van der Waals surface area contributed by atoms with Crippen molar-refractivity contribution in [2.24, 2.45) is 5.92 Å². The lowest BCUT2D eigenvalue weighted by Crippen LogP contribution is -2.41. The van der Waals surface area contributed by atoms with Crippen LogP contribution < -0.4 is 16.0 Å². The lowest BCUT2D eigenvalue weighted by atomic mass is 9.95. The van der Waals surface area contributed by atoms with Crippen LogP contribution in [-0.2, 0) is 57.3 Å². The lowest BCUT2D eigenvalue weighted by Gasteiger charge is -2.14. The van der Waals surface area contributed by atoms with Crippen LogP contribution in [0.3, 0.4) is 0 Å². The molecule has 0 saturated heterocycles. The van der Waals surface area contributed by atoms with Crippen molar-refractivity contribution in [1.82, 2.24) is 16.0 Å². The number of carboxylic acid groups (broad SMARTS) is 2. The van der Waals surface area contributed by atoms with Crippen molar-refractivity contribution in [2.75, 3.05) is 65.9 Å². The normalized spacial score (nSPS) is 12.0. The van der Waals surface area contributed by atoms with Gasteiger partial charge in [-0.3, -0.25) is 33.6 Å². The van der Waals surface area contributed by atoms with Crippen LogP contribution in [0.1, 0.15) is 168 Å². The number of carbonyl (C=O) groups is 8. The Morgan fingerprint density at radius 1 is 0.460 bits per heavy atom. The van der Waals surface area contributed by atoms with Crippen molar-refractivity contribution in [3.05, 3.63) is 0 Å². The Kier molecular flexibility index (Phi) is 39.6. The van der Waals surface area contributed by atoms with Gasteiger partial charge in [-0.1, -0.05) is 77.6 Å². The molecule has 17 heteroatoms. The van der Waals surface area contributed by atoms with Crippen molar-refractivity contribution >= 4 is 47.0 Å². The van der Waals surface area contributed by atoms with E-state index in [0.29, 0.717) is 32.4 Å². The maximum absolute atomic E-state index is 12.4. The highest BCUT2D eigenvalue weighted by Gasteiger charge is 2.21. The fourth-order valence-corrected chi connectivity index (χ4v) is 6.65. The minimum atomic E-state index is -1.17. The Morgan fingerprint density at radius 2 is 0.952 bits per heavy atom. The highest BCUT2D eigenvalue weighted by molar-refractivity contribution is 5.85. The number of unbranched alkanes of at least 4 members (excludes halogenated alkanes) is 12. The van der Waals surface area contributed by atoms with Gasteiger partial charge >= 0.3 is 11.9 Å². The molecule has 0 aromatic carbocycles. The fourth-order valence-electron chi connectivity index (χ4n) is 6.65. The number of ketones is 3. The number of carboxylic acids is 2. The first-order chi connectivity index (χ1) is 30.3. The third kappa shape index (κ3) is 40.7. The van der Waals surface area contributed by atoms with E-state index in [1.807, 2.05) is 6.92 Å². The summed E-state index contributed by atoms with van der Waals surface area (Å²) in [5.74, 6) is -2.70. The van der Waals surface area contributed by atoms with Gasteiger partial charge in [0.2, 0.25) is 17.7 Å². The molecule has 0 fully saturated rings. The summed E-state index contributed by atoms with van der Waals surface area (Å²) in [6.45, 7) is 5.77. The number of carbonyl (C=O) groups excluding carboxylic acids is 6. The van der Waals surface area contributed by atoms with Gasteiger partial charge in [-0.25, -0.2) is 4.79 Å². The summed E-state index contributed by atoms with van der Waals surface area (Å²) < 4.78 is 21.5. The molecule has 1 unspecified atom stereocenters. The Labute approximate surface area is 375 Å². The average Bonchev–Trinajstić information content (AvgIpc) is 3.24. The Hall–Kier alpha value is -3.80. The largest absolute Gasteiger partial charge is 0.481 e. The predicted octanol–water partition coefficient (Wildman–Crippen LogP) is 5.66. The molecular formula is C46H81N3O14. The lowest BCUT2D eigenvalue weighted by molar-refractivity contribution is -0.142. The van der Waals surface area contributed by atoms with Crippen molar-refractivity contribution < 1.29 is 67.5 Å². The van der Waals surface area contributed by atoms with E-state index in [-0.39, 0.29) is 132 Å². The fraction of sp³-hybridized carbons (Fsp3) is 0.826. The SMILES string of the molecule is CC[C@@H](CCCCNC(=O)COCCOCCNC(=O)COCCOCCCC(=O)CCC(NC(=O)CCCCCCCCCCCCCCC(=O)CCC(=O)O)C(=O)O)C(C)=O. The summed E-state index contributed by atoms with van der Waals surface area (Å²) in [7, 11) is 0. The maximum atomic E-state index is 12.4. The van der Waals surface area contributed by atoms with Crippen LogP contribution in [0.15, 0.2) is 0 Å². The average molecular weight is 900 g/mol. The van der Waals surface area contributed by atoms with Crippen LogP contribution in [0.25, 0.3) is 0 Å². The topological polar surface area (TPSA) is 250 Å². The highest BCUT2D eigenvalue weighted by Crippen LogP contribution is 2.15. The molecule has 0 bridgehead atoms. The van der Waals surface area contributed by atoms with Gasteiger partial charge < -0.3 is 45.1 Å². The molecule has 0 aliphatic carbocycles. The second-order valence-corrected chi connectivity index (χ2v) is 16.1. The summed E-state index contributed by atoms with van der Waals surface area (Å²) >= 11 is 0. The van der Waals surface area contributed by atoms with Gasteiger partial charge in [0, 0.05) is 57.7 Å². The monoisotopic (exact) mass is 900 g/mol. The van der Waals surface area contributed by atoms with Gasteiger partial charge in [-0.15, -0.1) is 0 Å². The third-order valence-electron chi connectivity index (χ3n) is 10.5. The number of aliphatic carboxylic acids is 2. The summed E-state index contributed by atoms with van der Waals surface area (Å²) in [6, 6.07) is -1.11. The van der Waals surface area contributed by atoms with Gasteiger partial charge in [-0.2, -0.15) is 0 Å². The number of Topliss-reactive ketones (excluding diaryl/α,β-unsaturated/α-hetero) is 3. The molecule has 0 aliphatic heterocycles. The summed E-state index contributed by atoms with van der Waals surface area (Å²) in [4.78, 5) is 93.7. The first-order valence-electron chi connectivity index (χ1n) is 23.5. The van der Waals surface area contributed by atoms with E-state index in [4.69, 9.17) is 24.1 Å². The molecule has 0 aliphatic rings. The zero-order chi connectivity index (χ0) is 46.8. The minimum Gasteiger partial charge on any atom is -0.481 e. The molecule has 0 aromatic rings. The van der Waals surface area contributed by atoms with Crippen LogP contribution in [0, 0.1) is 5.92 Å². The van der Waals surface area contributed by atoms with E-state index in [2.05, 4.69) is 16.0 Å². The molecule has 5 N–H and O–H groups in total. The predicted molar refractivity (Wildman–Crippen MR) is 237 cm³/mol. The summed E-state index contributed by atoms with van der Waals surface area (Å²) in [5, 5.41) is 26.2. The van der Waals surface area contributed by atoms with E-state index in [0.717, 1.165) is 89.9 Å². The molecule has 0 aromatic heterocycles. The van der Waals surface area contributed by atoms with Crippen LogP contribution in [0.4, 0.5) is 0 Å². The molecule has 0 saturated carbocycles. The molecule has 63 heavy (non-hydrogen) atoms. The number of hydrogen-bond donors (Lipinski definition) is 5. The number of amides is 3. The zero-order valence-corrected chi connectivity index (χ0v) is 38.5. The van der Waals surface area contributed by atoms with E-state index < -0.39 is 18.0 Å². The van der Waals surface area contributed by atoms with Gasteiger partial charge in [-0.05, 0) is 51.9 Å². The first-order valence-corrected chi connectivity index (χ1v) is 23.5.